The first kappa shape index (κ1) is 15.1. The van der Waals surface area contributed by atoms with Crippen molar-refractivity contribution in [1.29, 1.82) is 0 Å². The number of benzene rings is 2. The number of amides is 1. The summed E-state index contributed by atoms with van der Waals surface area (Å²) in [6.45, 7) is 0. The lowest BCUT2D eigenvalue weighted by atomic mass is 10.2. The molecule has 3 rings (SSSR count). The van der Waals surface area contributed by atoms with Crippen LogP contribution in [0.2, 0.25) is 5.02 Å². The first-order chi connectivity index (χ1) is 10.5. The van der Waals surface area contributed by atoms with E-state index in [1.807, 2.05) is 12.1 Å². The number of aromatic hydroxyl groups is 1. The highest BCUT2D eigenvalue weighted by Crippen LogP contribution is 2.36. The maximum absolute atomic E-state index is 12.5. The molecule has 22 heavy (non-hydrogen) atoms. The number of rotatable bonds is 2. The number of hydrogen-bond acceptors (Lipinski definition) is 4. The second kappa shape index (κ2) is 6.12. The number of phenolic OH excluding ortho intramolecular Hbond substituents is 1. The highest BCUT2D eigenvalue weighted by atomic mass is 35.5. The zero-order valence-electron chi connectivity index (χ0n) is 11.2. The summed E-state index contributed by atoms with van der Waals surface area (Å²) in [5, 5.41) is 9.98. The zero-order valence-corrected chi connectivity index (χ0v) is 13.6. The minimum atomic E-state index is -0.171. The summed E-state index contributed by atoms with van der Waals surface area (Å²) in [5.41, 5.74) is 1.52. The van der Waals surface area contributed by atoms with Gasteiger partial charge >= 0.3 is 0 Å². The Balaban J connectivity index is 1.91. The average Bonchev–Trinajstić information content (AvgIpc) is 2.77. The van der Waals surface area contributed by atoms with Gasteiger partial charge in [0, 0.05) is 5.02 Å². The Morgan fingerprint density at radius 1 is 1.09 bits per heavy atom. The maximum Gasteiger partial charge on any atom is 0.270 e. The summed E-state index contributed by atoms with van der Waals surface area (Å²) in [6, 6.07) is 13.6. The van der Waals surface area contributed by atoms with Crippen LogP contribution in [0.4, 0.5) is 5.69 Å². The van der Waals surface area contributed by atoms with Crippen molar-refractivity contribution in [3.8, 4) is 5.75 Å². The lowest BCUT2D eigenvalue weighted by Crippen LogP contribution is -2.27. The van der Waals surface area contributed by atoms with E-state index in [-0.39, 0.29) is 11.7 Å². The van der Waals surface area contributed by atoms with Crippen LogP contribution in [0, 0.1) is 0 Å². The maximum atomic E-state index is 12.5. The molecule has 2 aromatic rings. The monoisotopic (exact) mass is 347 g/mol. The summed E-state index contributed by atoms with van der Waals surface area (Å²) in [5.74, 6) is -0.0264. The molecule has 1 amide bonds. The molecule has 0 atom stereocenters. The molecule has 0 radical (unpaired) electrons. The van der Waals surface area contributed by atoms with Crippen molar-refractivity contribution in [2.24, 2.45) is 0 Å². The fourth-order valence-electron chi connectivity index (χ4n) is 2.00. The lowest BCUT2D eigenvalue weighted by molar-refractivity contribution is -0.113. The highest BCUT2D eigenvalue weighted by molar-refractivity contribution is 8.27. The van der Waals surface area contributed by atoms with Gasteiger partial charge in [-0.05, 0) is 48.0 Å². The fraction of sp³-hybridized carbons (Fsp3) is 0. The molecule has 1 N–H and O–H groups in total. The zero-order chi connectivity index (χ0) is 15.7. The van der Waals surface area contributed by atoms with Crippen LogP contribution in [0.5, 0.6) is 5.75 Å². The van der Waals surface area contributed by atoms with E-state index in [9.17, 15) is 9.90 Å². The molecular formula is C16H10ClNO2S2. The minimum Gasteiger partial charge on any atom is -0.508 e. The Kier molecular flexibility index (Phi) is 4.20. The van der Waals surface area contributed by atoms with Gasteiger partial charge in [0.25, 0.3) is 5.91 Å². The van der Waals surface area contributed by atoms with Crippen LogP contribution in [0.1, 0.15) is 5.56 Å². The first-order valence-corrected chi connectivity index (χ1v) is 7.97. The molecule has 0 unspecified atom stereocenters. The molecular weight excluding hydrogens is 338 g/mol. The predicted octanol–water partition coefficient (Wildman–Crippen LogP) is 4.45. The summed E-state index contributed by atoms with van der Waals surface area (Å²) in [7, 11) is 0. The number of nitrogens with zero attached hydrogens (tertiary/aromatic N) is 1. The SMILES string of the molecule is O=C1/C(=C\c2ccc(Cl)cc2)SC(=S)N1c1ccc(O)cc1. The number of anilines is 1. The van der Waals surface area contributed by atoms with Crippen LogP contribution in [0.25, 0.3) is 6.08 Å². The van der Waals surface area contributed by atoms with Gasteiger partial charge in [0.1, 0.15) is 5.75 Å². The second-order valence-electron chi connectivity index (χ2n) is 4.59. The van der Waals surface area contributed by atoms with Gasteiger partial charge in [0.05, 0.1) is 10.6 Å². The van der Waals surface area contributed by atoms with E-state index in [1.54, 1.807) is 30.3 Å². The van der Waals surface area contributed by atoms with Crippen molar-refractivity contribution < 1.29 is 9.90 Å². The standard InChI is InChI=1S/C16H10ClNO2S2/c17-11-3-1-10(2-4-11)9-14-15(20)18(16(21)22-14)12-5-7-13(19)8-6-12/h1-9,19H/b14-9+. The van der Waals surface area contributed by atoms with Crippen molar-refractivity contribution in [2.45, 2.75) is 0 Å². The number of halogens is 1. The van der Waals surface area contributed by atoms with Gasteiger partial charge in [-0.1, -0.05) is 47.7 Å². The molecule has 6 heteroatoms. The molecule has 0 aromatic heterocycles. The first-order valence-electron chi connectivity index (χ1n) is 6.37. The number of hydrogen-bond donors (Lipinski definition) is 1. The molecule has 3 nitrogen and oxygen atoms in total. The Morgan fingerprint density at radius 3 is 2.36 bits per heavy atom. The highest BCUT2D eigenvalue weighted by Gasteiger charge is 2.33. The van der Waals surface area contributed by atoms with Gasteiger partial charge in [-0.3, -0.25) is 9.69 Å². The van der Waals surface area contributed by atoms with Crippen molar-refractivity contribution in [1.82, 2.24) is 0 Å². The van der Waals surface area contributed by atoms with Gasteiger partial charge in [-0.2, -0.15) is 0 Å². The fourth-order valence-corrected chi connectivity index (χ4v) is 3.43. The van der Waals surface area contributed by atoms with E-state index in [2.05, 4.69) is 0 Å². The largest absolute Gasteiger partial charge is 0.508 e. The van der Waals surface area contributed by atoms with E-state index in [0.29, 0.717) is 19.9 Å². The van der Waals surface area contributed by atoms with Crippen molar-refractivity contribution in [2.75, 3.05) is 4.90 Å². The molecule has 1 saturated heterocycles. The number of thioether (sulfide) groups is 1. The van der Waals surface area contributed by atoms with Gasteiger partial charge in [-0.15, -0.1) is 0 Å². The quantitative estimate of drug-likeness (QED) is 0.643. The van der Waals surface area contributed by atoms with E-state index in [0.717, 1.165) is 5.56 Å². The minimum absolute atomic E-state index is 0.144. The number of phenols is 1. The van der Waals surface area contributed by atoms with Crippen molar-refractivity contribution in [3.05, 3.63) is 64.0 Å². The van der Waals surface area contributed by atoms with E-state index in [1.165, 1.54) is 28.8 Å². The topological polar surface area (TPSA) is 40.5 Å². The Morgan fingerprint density at radius 2 is 1.73 bits per heavy atom. The molecule has 0 spiro atoms. The van der Waals surface area contributed by atoms with Crippen molar-refractivity contribution in [3.63, 3.8) is 0 Å². The number of thiocarbonyl (C=S) groups is 1. The molecule has 1 aliphatic rings. The van der Waals surface area contributed by atoms with Gasteiger partial charge in [0.15, 0.2) is 4.32 Å². The molecule has 1 aliphatic heterocycles. The molecule has 0 saturated carbocycles. The molecule has 0 aliphatic carbocycles. The van der Waals surface area contributed by atoms with E-state index >= 15 is 0 Å². The van der Waals surface area contributed by atoms with Crippen LogP contribution in [0.3, 0.4) is 0 Å². The van der Waals surface area contributed by atoms with E-state index in [4.69, 9.17) is 23.8 Å². The van der Waals surface area contributed by atoms with Crippen LogP contribution in [0.15, 0.2) is 53.4 Å². The van der Waals surface area contributed by atoms with Crippen LogP contribution in [-0.2, 0) is 4.79 Å². The van der Waals surface area contributed by atoms with E-state index < -0.39 is 0 Å². The third-order valence-corrected chi connectivity index (χ3v) is 4.62. The van der Waals surface area contributed by atoms with Crippen LogP contribution < -0.4 is 4.90 Å². The molecule has 110 valence electrons. The third-order valence-electron chi connectivity index (χ3n) is 3.07. The summed E-state index contributed by atoms with van der Waals surface area (Å²) >= 11 is 12.4. The van der Waals surface area contributed by atoms with Crippen LogP contribution in [-0.4, -0.2) is 15.3 Å². The van der Waals surface area contributed by atoms with Gasteiger partial charge in [0.2, 0.25) is 0 Å². The number of carbonyl (C=O) groups excluding carboxylic acids is 1. The Labute approximate surface area is 142 Å². The predicted molar refractivity (Wildman–Crippen MR) is 95.2 cm³/mol. The smallest absolute Gasteiger partial charge is 0.270 e. The average molecular weight is 348 g/mol. The second-order valence-corrected chi connectivity index (χ2v) is 6.70. The normalized spacial score (nSPS) is 16.6. The Bertz CT molecular complexity index is 770. The van der Waals surface area contributed by atoms with Gasteiger partial charge < -0.3 is 5.11 Å². The lowest BCUT2D eigenvalue weighted by Gasteiger charge is -2.14. The van der Waals surface area contributed by atoms with Crippen LogP contribution >= 0.6 is 35.6 Å². The third kappa shape index (κ3) is 3.02. The molecule has 2 aromatic carbocycles. The number of carbonyl (C=O) groups is 1. The summed E-state index contributed by atoms with van der Waals surface area (Å²) in [6.07, 6.45) is 1.79. The summed E-state index contributed by atoms with van der Waals surface area (Å²) in [4.78, 5) is 14.5. The molecule has 1 fully saturated rings. The van der Waals surface area contributed by atoms with Crippen molar-refractivity contribution >= 4 is 57.6 Å². The van der Waals surface area contributed by atoms with Gasteiger partial charge in [-0.25, -0.2) is 0 Å². The summed E-state index contributed by atoms with van der Waals surface area (Å²) < 4.78 is 0.468. The Hall–Kier alpha value is -1.82. The molecule has 0 bridgehead atoms. The molecule has 1 heterocycles.